The Morgan fingerprint density at radius 1 is 1.50 bits per heavy atom. The number of aryl methyl sites for hydroxylation is 1. The van der Waals surface area contributed by atoms with Gasteiger partial charge in [-0.2, -0.15) is 17.9 Å². The number of halogens is 3. The Balaban J connectivity index is 3.11. The second kappa shape index (κ2) is 2.80. The molecule has 68 valence electrons. The summed E-state index contributed by atoms with van der Waals surface area (Å²) in [6.07, 6.45) is -2.84. The summed E-state index contributed by atoms with van der Waals surface area (Å²) in [5.74, 6) is 0. The van der Waals surface area contributed by atoms with E-state index < -0.39 is 11.9 Å². The van der Waals surface area contributed by atoms with Gasteiger partial charge in [0.05, 0.1) is 7.05 Å². The van der Waals surface area contributed by atoms with Gasteiger partial charge in [-0.25, -0.2) is 0 Å². The first-order valence-electron chi connectivity index (χ1n) is 3.59. The molecule has 0 aromatic carbocycles. The number of rotatable bonds is 1. The third kappa shape index (κ3) is 1.44. The van der Waals surface area contributed by atoms with Crippen LogP contribution in [0.3, 0.4) is 0 Å². The van der Waals surface area contributed by atoms with Gasteiger partial charge in [0.1, 0.15) is 0 Å². The van der Waals surface area contributed by atoms with Gasteiger partial charge in [-0.15, -0.1) is 4.68 Å². The van der Waals surface area contributed by atoms with Crippen molar-refractivity contribution in [3.05, 3.63) is 18.0 Å². The minimum atomic E-state index is -4.25. The first-order chi connectivity index (χ1) is 5.46. The van der Waals surface area contributed by atoms with Crippen LogP contribution in [0.25, 0.3) is 0 Å². The van der Waals surface area contributed by atoms with Crippen LogP contribution in [-0.2, 0) is 19.8 Å². The van der Waals surface area contributed by atoms with Crippen molar-refractivity contribution in [1.82, 2.24) is 4.68 Å². The predicted octanol–water partition coefficient (Wildman–Crippen LogP) is 1.35. The van der Waals surface area contributed by atoms with Gasteiger partial charge in [-0.1, -0.05) is 0 Å². The maximum atomic E-state index is 12.2. The summed E-state index contributed by atoms with van der Waals surface area (Å²) < 4.78 is 39.1. The van der Waals surface area contributed by atoms with Crippen LogP contribution in [0, 0.1) is 0 Å². The van der Waals surface area contributed by atoms with Crippen LogP contribution in [0.2, 0.25) is 0 Å². The quantitative estimate of drug-likeness (QED) is 0.575. The Kier molecular flexibility index (Phi) is 2.12. The maximum absolute atomic E-state index is 12.2. The summed E-state index contributed by atoms with van der Waals surface area (Å²) >= 11 is 0. The van der Waals surface area contributed by atoms with Gasteiger partial charge in [0.15, 0.2) is 18.4 Å². The van der Waals surface area contributed by atoms with E-state index in [2.05, 4.69) is 0 Å². The first kappa shape index (κ1) is 9.09. The van der Waals surface area contributed by atoms with Crippen LogP contribution < -0.4 is 4.68 Å². The Bertz CT molecular complexity index is 275. The molecule has 1 aromatic heterocycles. The van der Waals surface area contributed by atoms with E-state index in [0.29, 0.717) is 6.54 Å². The maximum Gasteiger partial charge on any atom is 0.436 e. The smallest absolute Gasteiger partial charge is 0.164 e. The Labute approximate surface area is 68.2 Å². The van der Waals surface area contributed by atoms with Crippen molar-refractivity contribution in [3.63, 3.8) is 0 Å². The number of aromatic nitrogens is 2. The average molecular weight is 179 g/mol. The second-order valence-electron chi connectivity index (χ2n) is 2.48. The molecule has 0 amide bonds. The first-order valence-corrected chi connectivity index (χ1v) is 3.59. The van der Waals surface area contributed by atoms with Crippen LogP contribution in [0.5, 0.6) is 0 Å². The standard InChI is InChI=1S/C7H10F3N2/c1-3-12-5-4-6(11(12)2)7(8,9)10/h4-5H,3H2,1-2H3/q+1. The largest absolute Gasteiger partial charge is 0.436 e. The molecule has 5 heteroatoms. The Morgan fingerprint density at radius 2 is 2.08 bits per heavy atom. The lowest BCUT2D eigenvalue weighted by Crippen LogP contribution is -2.41. The van der Waals surface area contributed by atoms with Gasteiger partial charge in [0, 0.05) is 6.07 Å². The van der Waals surface area contributed by atoms with E-state index in [-0.39, 0.29) is 0 Å². The zero-order valence-electron chi connectivity index (χ0n) is 6.89. The monoisotopic (exact) mass is 179 g/mol. The van der Waals surface area contributed by atoms with Gasteiger partial charge in [-0.3, -0.25) is 0 Å². The Morgan fingerprint density at radius 3 is 2.33 bits per heavy atom. The fraction of sp³-hybridized carbons (Fsp3) is 0.571. The van der Waals surface area contributed by atoms with Crippen molar-refractivity contribution in [2.75, 3.05) is 0 Å². The van der Waals surface area contributed by atoms with Gasteiger partial charge in [-0.05, 0) is 6.92 Å². The van der Waals surface area contributed by atoms with Gasteiger partial charge in [0.25, 0.3) is 0 Å². The van der Waals surface area contributed by atoms with E-state index in [1.807, 2.05) is 0 Å². The molecular formula is C7H10F3N2+. The highest BCUT2D eigenvalue weighted by molar-refractivity contribution is 5.01. The number of nitrogens with zero attached hydrogens (tertiary/aromatic N) is 2. The van der Waals surface area contributed by atoms with E-state index >= 15 is 0 Å². The van der Waals surface area contributed by atoms with E-state index in [9.17, 15) is 13.2 Å². The third-order valence-corrected chi connectivity index (χ3v) is 1.75. The summed E-state index contributed by atoms with van der Waals surface area (Å²) in [4.78, 5) is 0. The normalized spacial score (nSPS) is 12.1. The molecule has 0 bridgehead atoms. The summed E-state index contributed by atoms with van der Waals surface area (Å²) in [5.41, 5.74) is -0.621. The van der Waals surface area contributed by atoms with Gasteiger partial charge < -0.3 is 0 Å². The molecule has 1 heterocycles. The molecule has 0 aliphatic heterocycles. The fourth-order valence-corrected chi connectivity index (χ4v) is 1.10. The molecular weight excluding hydrogens is 169 g/mol. The molecule has 2 nitrogen and oxygen atoms in total. The van der Waals surface area contributed by atoms with E-state index in [4.69, 9.17) is 0 Å². The fourth-order valence-electron chi connectivity index (χ4n) is 1.10. The zero-order chi connectivity index (χ0) is 9.35. The number of hydrogen-bond donors (Lipinski definition) is 0. The van der Waals surface area contributed by atoms with Crippen LogP contribution in [0.15, 0.2) is 12.3 Å². The summed E-state index contributed by atoms with van der Waals surface area (Å²) in [5, 5.41) is 0. The molecule has 0 saturated carbocycles. The van der Waals surface area contributed by atoms with Crippen molar-refractivity contribution in [2.24, 2.45) is 7.05 Å². The van der Waals surface area contributed by atoms with E-state index in [1.165, 1.54) is 17.9 Å². The second-order valence-corrected chi connectivity index (χ2v) is 2.48. The van der Waals surface area contributed by atoms with Crippen LogP contribution in [0.4, 0.5) is 13.2 Å². The van der Waals surface area contributed by atoms with Crippen LogP contribution in [0.1, 0.15) is 12.6 Å². The van der Waals surface area contributed by atoms with Gasteiger partial charge in [0.2, 0.25) is 0 Å². The lowest BCUT2D eigenvalue weighted by atomic mass is 10.4. The average Bonchev–Trinajstić information content (AvgIpc) is 2.29. The molecule has 12 heavy (non-hydrogen) atoms. The van der Waals surface area contributed by atoms with Crippen LogP contribution in [-0.4, -0.2) is 4.68 Å². The van der Waals surface area contributed by atoms with Crippen LogP contribution >= 0.6 is 0 Å². The zero-order valence-corrected chi connectivity index (χ0v) is 6.89. The molecule has 1 aromatic rings. The molecule has 0 aliphatic carbocycles. The summed E-state index contributed by atoms with van der Waals surface area (Å²) in [6, 6.07) is 1.07. The molecule has 0 fully saturated rings. The highest BCUT2D eigenvalue weighted by Crippen LogP contribution is 2.27. The summed E-state index contributed by atoms with van der Waals surface area (Å²) in [7, 11) is 1.40. The topological polar surface area (TPSA) is 8.81 Å². The van der Waals surface area contributed by atoms with Crippen molar-refractivity contribution in [3.8, 4) is 0 Å². The molecule has 0 atom stereocenters. The van der Waals surface area contributed by atoms with Crippen molar-refractivity contribution in [1.29, 1.82) is 0 Å². The SMILES string of the molecule is CC[n+]1ccc(C(F)(F)F)n1C. The number of alkyl halides is 3. The molecule has 0 spiro atoms. The third-order valence-electron chi connectivity index (χ3n) is 1.75. The molecule has 0 N–H and O–H groups in total. The minimum Gasteiger partial charge on any atom is -0.164 e. The number of hydrogen-bond acceptors (Lipinski definition) is 0. The van der Waals surface area contributed by atoms with Crippen molar-refractivity contribution in [2.45, 2.75) is 19.6 Å². The molecule has 0 radical (unpaired) electrons. The minimum absolute atomic E-state index is 0.534. The predicted molar refractivity (Wildman–Crippen MR) is 36.3 cm³/mol. The Hall–Kier alpha value is -1.00. The molecule has 0 saturated heterocycles. The van der Waals surface area contributed by atoms with Crippen molar-refractivity contribution >= 4 is 0 Å². The summed E-state index contributed by atoms with van der Waals surface area (Å²) in [6.45, 7) is 2.33. The van der Waals surface area contributed by atoms with E-state index in [0.717, 1.165) is 10.7 Å². The molecule has 0 aliphatic rings. The molecule has 0 unspecified atom stereocenters. The van der Waals surface area contributed by atoms with Crippen molar-refractivity contribution < 1.29 is 17.9 Å². The lowest BCUT2D eigenvalue weighted by molar-refractivity contribution is -0.771. The van der Waals surface area contributed by atoms with E-state index in [1.54, 1.807) is 6.92 Å². The van der Waals surface area contributed by atoms with Gasteiger partial charge >= 0.3 is 6.18 Å². The lowest BCUT2D eigenvalue weighted by Gasteiger charge is -2.03. The molecule has 1 rings (SSSR count). The highest BCUT2D eigenvalue weighted by Gasteiger charge is 2.36. The highest BCUT2D eigenvalue weighted by atomic mass is 19.4.